The Morgan fingerprint density at radius 3 is 2.75 bits per heavy atom. The van der Waals surface area contributed by atoms with Gasteiger partial charge in [0.15, 0.2) is 0 Å². The number of halogens is 1. The van der Waals surface area contributed by atoms with Crippen LogP contribution in [0.25, 0.3) is 0 Å². The second-order valence-corrected chi connectivity index (χ2v) is 6.84. The van der Waals surface area contributed by atoms with Gasteiger partial charge in [-0.15, -0.1) is 22.9 Å². The van der Waals surface area contributed by atoms with E-state index in [2.05, 4.69) is 18.8 Å². The minimum Gasteiger partial charge on any atom is -0.246 e. The van der Waals surface area contributed by atoms with Gasteiger partial charge in [-0.3, -0.25) is 0 Å². The lowest BCUT2D eigenvalue weighted by atomic mass is 9.97. The van der Waals surface area contributed by atoms with Gasteiger partial charge in [0.25, 0.3) is 0 Å². The van der Waals surface area contributed by atoms with Gasteiger partial charge in [-0.25, -0.2) is 4.98 Å². The first kappa shape index (κ1) is 12.4. The molecular weight excluding hydrogens is 238 g/mol. The zero-order valence-corrected chi connectivity index (χ0v) is 11.7. The molecule has 1 aliphatic rings. The number of nitrogens with zero attached hydrogens (tertiary/aromatic N) is 1. The maximum Gasteiger partial charge on any atom is 0.0933 e. The topological polar surface area (TPSA) is 12.9 Å². The smallest absolute Gasteiger partial charge is 0.0933 e. The zero-order chi connectivity index (χ0) is 11.5. The van der Waals surface area contributed by atoms with Crippen molar-refractivity contribution < 1.29 is 0 Å². The third-order valence-electron chi connectivity index (χ3n) is 3.50. The molecule has 90 valence electrons. The quantitative estimate of drug-likeness (QED) is 0.562. The van der Waals surface area contributed by atoms with Gasteiger partial charge in [-0.05, 0) is 39.0 Å². The largest absolute Gasteiger partial charge is 0.246 e. The van der Waals surface area contributed by atoms with Crippen molar-refractivity contribution in [1.29, 1.82) is 0 Å². The Hall–Kier alpha value is -0.0800. The molecule has 0 saturated heterocycles. The first-order valence-electron chi connectivity index (χ1n) is 6.22. The lowest BCUT2D eigenvalue weighted by Gasteiger charge is -2.14. The molecular formula is C13H20ClNS. The van der Waals surface area contributed by atoms with Gasteiger partial charge in [0.2, 0.25) is 0 Å². The molecule has 2 rings (SSSR count). The second kappa shape index (κ2) is 5.50. The minimum atomic E-state index is 0.398. The maximum atomic E-state index is 6.30. The average Bonchev–Trinajstić information content (AvgIpc) is 2.43. The first-order valence-corrected chi connectivity index (χ1v) is 7.47. The van der Waals surface area contributed by atoms with Crippen molar-refractivity contribution in [3.63, 3.8) is 0 Å². The van der Waals surface area contributed by atoms with Crippen molar-refractivity contribution in [1.82, 2.24) is 4.98 Å². The molecule has 0 spiro atoms. The molecule has 1 aromatic rings. The summed E-state index contributed by atoms with van der Waals surface area (Å²) in [6, 6.07) is 0. The normalized spacial score (nSPS) is 26.7. The molecule has 1 fully saturated rings. The summed E-state index contributed by atoms with van der Waals surface area (Å²) in [4.78, 5) is 6.00. The van der Waals surface area contributed by atoms with E-state index in [1.165, 1.54) is 47.7 Å². The summed E-state index contributed by atoms with van der Waals surface area (Å²) in [5.41, 5.74) is 1.20. The van der Waals surface area contributed by atoms with Crippen LogP contribution in [0.15, 0.2) is 0 Å². The van der Waals surface area contributed by atoms with Gasteiger partial charge in [-0.1, -0.05) is 12.8 Å². The van der Waals surface area contributed by atoms with Gasteiger partial charge >= 0.3 is 0 Å². The van der Waals surface area contributed by atoms with Crippen molar-refractivity contribution in [2.24, 2.45) is 5.92 Å². The van der Waals surface area contributed by atoms with E-state index in [9.17, 15) is 0 Å². The number of hydrogen-bond donors (Lipinski definition) is 0. The van der Waals surface area contributed by atoms with E-state index in [0.29, 0.717) is 5.38 Å². The molecule has 16 heavy (non-hydrogen) atoms. The lowest BCUT2D eigenvalue weighted by Crippen LogP contribution is -2.08. The highest BCUT2D eigenvalue weighted by atomic mass is 35.5. The highest BCUT2D eigenvalue weighted by Gasteiger charge is 2.20. The van der Waals surface area contributed by atoms with Gasteiger partial charge in [0, 0.05) is 16.7 Å². The van der Waals surface area contributed by atoms with Gasteiger partial charge < -0.3 is 0 Å². The molecule has 1 saturated carbocycles. The van der Waals surface area contributed by atoms with E-state index in [-0.39, 0.29) is 0 Å². The summed E-state index contributed by atoms with van der Waals surface area (Å²) < 4.78 is 0. The summed E-state index contributed by atoms with van der Waals surface area (Å²) in [7, 11) is 0. The third-order valence-corrected chi connectivity index (χ3v) is 5.00. The Kier molecular flexibility index (Phi) is 4.26. The molecule has 3 heteroatoms. The molecule has 0 N–H and O–H groups in total. The molecule has 1 aliphatic carbocycles. The standard InChI is InChI=1S/C13H20ClNS/c1-9-10(2)16-13(15-9)8-11-5-3-4-6-12(14)7-11/h11-12H,3-8H2,1-2H3. The highest BCUT2D eigenvalue weighted by molar-refractivity contribution is 7.11. The molecule has 0 bridgehead atoms. The van der Waals surface area contributed by atoms with Crippen LogP contribution in [0.5, 0.6) is 0 Å². The van der Waals surface area contributed by atoms with Crippen LogP contribution in [0, 0.1) is 19.8 Å². The number of thiazole rings is 1. The summed E-state index contributed by atoms with van der Waals surface area (Å²) in [6.07, 6.45) is 7.51. The monoisotopic (exact) mass is 257 g/mol. The van der Waals surface area contributed by atoms with Crippen LogP contribution in [0.2, 0.25) is 0 Å². The summed E-state index contributed by atoms with van der Waals surface area (Å²) in [5, 5.41) is 1.71. The minimum absolute atomic E-state index is 0.398. The molecule has 1 heterocycles. The van der Waals surface area contributed by atoms with E-state index in [0.717, 1.165) is 12.3 Å². The molecule has 1 aromatic heterocycles. The van der Waals surface area contributed by atoms with Gasteiger partial charge in [0.05, 0.1) is 10.7 Å². The van der Waals surface area contributed by atoms with Crippen LogP contribution in [0.3, 0.4) is 0 Å². The molecule has 0 radical (unpaired) electrons. The zero-order valence-electron chi connectivity index (χ0n) is 10.1. The van der Waals surface area contributed by atoms with E-state index < -0.39 is 0 Å². The van der Waals surface area contributed by atoms with Crippen LogP contribution in [0.4, 0.5) is 0 Å². The van der Waals surface area contributed by atoms with Crippen molar-refractivity contribution in [3.05, 3.63) is 15.6 Å². The van der Waals surface area contributed by atoms with Crippen molar-refractivity contribution in [2.75, 3.05) is 0 Å². The van der Waals surface area contributed by atoms with E-state index >= 15 is 0 Å². The molecule has 2 unspecified atom stereocenters. The van der Waals surface area contributed by atoms with Crippen LogP contribution in [0.1, 0.15) is 47.7 Å². The van der Waals surface area contributed by atoms with E-state index in [1.54, 1.807) is 0 Å². The van der Waals surface area contributed by atoms with Crippen LogP contribution in [-0.2, 0) is 6.42 Å². The third kappa shape index (κ3) is 3.21. The van der Waals surface area contributed by atoms with E-state index in [1.807, 2.05) is 11.3 Å². The molecule has 1 nitrogen and oxygen atoms in total. The predicted octanol–water partition coefficient (Wildman–Crippen LogP) is 4.49. The van der Waals surface area contributed by atoms with Crippen molar-refractivity contribution in [3.8, 4) is 0 Å². The predicted molar refractivity (Wildman–Crippen MR) is 71.5 cm³/mol. The Labute approximate surface area is 107 Å². The second-order valence-electron chi connectivity index (χ2n) is 4.94. The Bertz CT molecular complexity index is 328. The fraction of sp³-hybridized carbons (Fsp3) is 0.769. The van der Waals surface area contributed by atoms with E-state index in [4.69, 9.17) is 11.6 Å². The van der Waals surface area contributed by atoms with Crippen molar-refractivity contribution >= 4 is 22.9 Å². The number of hydrogen-bond acceptors (Lipinski definition) is 2. The summed E-state index contributed by atoms with van der Waals surface area (Å²) in [6.45, 7) is 4.26. The number of alkyl halides is 1. The van der Waals surface area contributed by atoms with Crippen LogP contribution < -0.4 is 0 Å². The number of rotatable bonds is 2. The Morgan fingerprint density at radius 1 is 1.31 bits per heavy atom. The Morgan fingerprint density at radius 2 is 2.06 bits per heavy atom. The first-order chi connectivity index (χ1) is 7.65. The molecule has 0 aliphatic heterocycles. The lowest BCUT2D eigenvalue weighted by molar-refractivity contribution is 0.459. The summed E-state index contributed by atoms with van der Waals surface area (Å²) in [5.74, 6) is 0.759. The fourth-order valence-electron chi connectivity index (χ4n) is 2.46. The Balaban J connectivity index is 1.97. The highest BCUT2D eigenvalue weighted by Crippen LogP contribution is 2.30. The van der Waals surface area contributed by atoms with Crippen LogP contribution >= 0.6 is 22.9 Å². The van der Waals surface area contributed by atoms with Crippen molar-refractivity contribution in [2.45, 2.75) is 57.7 Å². The molecule has 0 aromatic carbocycles. The molecule has 0 amide bonds. The SMILES string of the molecule is Cc1nc(CC2CCCCC(Cl)C2)sc1C. The number of aryl methyl sites for hydroxylation is 2. The average molecular weight is 258 g/mol. The van der Waals surface area contributed by atoms with Gasteiger partial charge in [0.1, 0.15) is 0 Å². The maximum absolute atomic E-state index is 6.30. The molecule has 2 atom stereocenters. The summed E-state index contributed by atoms with van der Waals surface area (Å²) >= 11 is 8.16. The fourth-order valence-corrected chi connectivity index (χ4v) is 3.91. The number of aromatic nitrogens is 1. The van der Waals surface area contributed by atoms with Gasteiger partial charge in [-0.2, -0.15) is 0 Å². The van der Waals surface area contributed by atoms with Crippen LogP contribution in [-0.4, -0.2) is 10.4 Å².